The molecular weight excluding hydrogens is 365 g/mol. The van der Waals surface area contributed by atoms with Crippen molar-refractivity contribution >= 4 is 35.1 Å². The first-order chi connectivity index (χ1) is 11.9. The first kappa shape index (κ1) is 20.0. The maximum atomic E-state index is 12.5. The molecule has 1 saturated heterocycles. The lowest BCUT2D eigenvalue weighted by molar-refractivity contribution is -0.159. The molecule has 0 aromatic heterocycles. The van der Waals surface area contributed by atoms with Crippen molar-refractivity contribution in [3.05, 3.63) is 33.8 Å². The van der Waals surface area contributed by atoms with Gasteiger partial charge in [-0.15, -0.1) is 0 Å². The number of likely N-dealkylation sites (tertiary alicyclic amines) is 1. The largest absolute Gasteiger partial charge is 0.481 e. The number of carboxylic acid groups (broad SMARTS) is 1. The summed E-state index contributed by atoms with van der Waals surface area (Å²) in [6.07, 6.45) is 2.98. The summed E-state index contributed by atoms with van der Waals surface area (Å²) in [7, 11) is 1.49. The third kappa shape index (κ3) is 5.09. The molecule has 0 aliphatic carbocycles. The Bertz CT molecular complexity index is 634. The maximum absolute atomic E-state index is 12.5. The summed E-state index contributed by atoms with van der Waals surface area (Å²) in [6.45, 7) is 0.932. The SMILES string of the molecule is COCC1(C(=O)O)CCCN(C(=O)CCCc2ccc(Cl)c(Cl)c2)C1. The lowest BCUT2D eigenvalue weighted by Gasteiger charge is -2.39. The van der Waals surface area contributed by atoms with Crippen LogP contribution in [-0.2, 0) is 20.7 Å². The van der Waals surface area contributed by atoms with E-state index in [-0.39, 0.29) is 19.1 Å². The van der Waals surface area contributed by atoms with Crippen molar-refractivity contribution in [2.75, 3.05) is 26.8 Å². The van der Waals surface area contributed by atoms with Crippen LogP contribution in [-0.4, -0.2) is 48.7 Å². The van der Waals surface area contributed by atoms with Crippen molar-refractivity contribution in [3.8, 4) is 0 Å². The van der Waals surface area contributed by atoms with Gasteiger partial charge in [0.1, 0.15) is 5.41 Å². The van der Waals surface area contributed by atoms with Crippen LogP contribution in [0.5, 0.6) is 0 Å². The third-order valence-corrected chi connectivity index (χ3v) is 5.38. The highest BCUT2D eigenvalue weighted by Crippen LogP contribution is 2.31. The number of aryl methyl sites for hydroxylation is 1. The van der Waals surface area contributed by atoms with E-state index in [2.05, 4.69) is 0 Å². The average molecular weight is 388 g/mol. The van der Waals surface area contributed by atoms with Gasteiger partial charge in [0.15, 0.2) is 0 Å². The van der Waals surface area contributed by atoms with Crippen molar-refractivity contribution in [3.63, 3.8) is 0 Å². The van der Waals surface area contributed by atoms with Crippen LogP contribution in [0.3, 0.4) is 0 Å². The number of carbonyl (C=O) groups excluding carboxylic acids is 1. The number of carboxylic acids is 1. The molecule has 1 aliphatic rings. The van der Waals surface area contributed by atoms with Crippen molar-refractivity contribution in [2.24, 2.45) is 5.41 Å². The predicted molar refractivity (Wildman–Crippen MR) is 97.2 cm³/mol. The molecule has 1 aromatic rings. The number of hydrogen-bond donors (Lipinski definition) is 1. The van der Waals surface area contributed by atoms with Crippen LogP contribution in [0, 0.1) is 5.41 Å². The van der Waals surface area contributed by atoms with Crippen LogP contribution in [0.2, 0.25) is 10.0 Å². The summed E-state index contributed by atoms with van der Waals surface area (Å²) in [5, 5.41) is 10.6. The van der Waals surface area contributed by atoms with Crippen molar-refractivity contribution in [1.29, 1.82) is 0 Å². The monoisotopic (exact) mass is 387 g/mol. The van der Waals surface area contributed by atoms with Gasteiger partial charge in [-0.3, -0.25) is 9.59 Å². The van der Waals surface area contributed by atoms with Gasteiger partial charge in [-0.2, -0.15) is 0 Å². The second-order valence-electron chi connectivity index (χ2n) is 6.54. The molecule has 2 rings (SSSR count). The van der Waals surface area contributed by atoms with Gasteiger partial charge in [0.05, 0.1) is 16.7 Å². The number of rotatable bonds is 7. The van der Waals surface area contributed by atoms with Gasteiger partial charge in [-0.05, 0) is 43.4 Å². The average Bonchev–Trinajstić information content (AvgIpc) is 2.58. The normalized spacial score (nSPS) is 20.5. The Morgan fingerprint density at radius 2 is 2.08 bits per heavy atom. The summed E-state index contributed by atoms with van der Waals surface area (Å²) in [5.74, 6) is -0.913. The van der Waals surface area contributed by atoms with E-state index < -0.39 is 11.4 Å². The minimum atomic E-state index is -0.994. The first-order valence-electron chi connectivity index (χ1n) is 8.32. The van der Waals surface area contributed by atoms with Gasteiger partial charge in [0.2, 0.25) is 5.91 Å². The van der Waals surface area contributed by atoms with E-state index in [0.29, 0.717) is 42.3 Å². The molecule has 0 bridgehead atoms. The molecule has 0 radical (unpaired) electrons. The number of halogens is 2. The molecule has 1 fully saturated rings. The van der Waals surface area contributed by atoms with Gasteiger partial charge in [-0.1, -0.05) is 29.3 Å². The van der Waals surface area contributed by atoms with Gasteiger partial charge >= 0.3 is 5.97 Å². The zero-order chi connectivity index (χ0) is 18.4. The number of nitrogens with zero attached hydrogens (tertiary/aromatic N) is 1. The Labute approximate surface area is 157 Å². The first-order valence-corrected chi connectivity index (χ1v) is 9.07. The second kappa shape index (κ2) is 8.88. The Morgan fingerprint density at radius 1 is 1.32 bits per heavy atom. The fourth-order valence-electron chi connectivity index (χ4n) is 3.27. The topological polar surface area (TPSA) is 66.8 Å². The highest BCUT2D eigenvalue weighted by atomic mass is 35.5. The van der Waals surface area contributed by atoms with Crippen molar-refractivity contribution in [2.45, 2.75) is 32.1 Å². The van der Waals surface area contributed by atoms with Crippen molar-refractivity contribution < 1.29 is 19.4 Å². The number of carbonyl (C=O) groups is 2. The number of benzene rings is 1. The molecule has 138 valence electrons. The van der Waals surface area contributed by atoms with Crippen LogP contribution in [0.15, 0.2) is 18.2 Å². The second-order valence-corrected chi connectivity index (χ2v) is 7.35. The van der Waals surface area contributed by atoms with Gasteiger partial charge in [0, 0.05) is 26.6 Å². The van der Waals surface area contributed by atoms with Crippen LogP contribution in [0.1, 0.15) is 31.2 Å². The molecule has 7 heteroatoms. The maximum Gasteiger partial charge on any atom is 0.313 e. The Hall–Kier alpha value is -1.30. The van der Waals surface area contributed by atoms with E-state index in [1.165, 1.54) is 7.11 Å². The van der Waals surface area contributed by atoms with Crippen LogP contribution in [0.4, 0.5) is 0 Å². The summed E-state index contributed by atoms with van der Waals surface area (Å²) in [5.41, 5.74) is 0.0342. The van der Waals surface area contributed by atoms with E-state index >= 15 is 0 Å². The van der Waals surface area contributed by atoms with Crippen molar-refractivity contribution in [1.82, 2.24) is 4.90 Å². The number of aliphatic carboxylic acids is 1. The van der Waals surface area contributed by atoms with E-state index in [4.69, 9.17) is 27.9 Å². The molecule has 1 N–H and O–H groups in total. The molecule has 5 nitrogen and oxygen atoms in total. The summed E-state index contributed by atoms with van der Waals surface area (Å²) in [6, 6.07) is 5.45. The molecule has 1 unspecified atom stereocenters. The molecule has 1 aliphatic heterocycles. The molecular formula is C18H23Cl2NO4. The smallest absolute Gasteiger partial charge is 0.313 e. The fraction of sp³-hybridized carbons (Fsp3) is 0.556. The molecule has 1 atom stereocenters. The third-order valence-electron chi connectivity index (χ3n) is 4.64. The van der Waals surface area contributed by atoms with Crippen LogP contribution >= 0.6 is 23.2 Å². The Balaban J connectivity index is 1.89. The Kier molecular flexibility index (Phi) is 7.11. The highest BCUT2D eigenvalue weighted by molar-refractivity contribution is 6.42. The van der Waals surface area contributed by atoms with Crippen LogP contribution in [0.25, 0.3) is 0 Å². The summed E-state index contributed by atoms with van der Waals surface area (Å²) >= 11 is 11.9. The number of ether oxygens (including phenoxy) is 1. The number of hydrogen-bond acceptors (Lipinski definition) is 3. The quantitative estimate of drug-likeness (QED) is 0.774. The van der Waals surface area contributed by atoms with Gasteiger partial charge in [0.25, 0.3) is 0 Å². The number of amides is 1. The number of methoxy groups -OCH3 is 1. The van der Waals surface area contributed by atoms with Gasteiger partial charge in [-0.25, -0.2) is 0 Å². The van der Waals surface area contributed by atoms with E-state index in [1.54, 1.807) is 11.0 Å². The Morgan fingerprint density at radius 3 is 2.72 bits per heavy atom. The minimum absolute atomic E-state index is 0.0125. The van der Waals surface area contributed by atoms with E-state index in [0.717, 1.165) is 12.0 Å². The standard InChI is InChI=1S/C18H23Cl2NO4/c1-25-12-18(17(23)24)8-3-9-21(11-18)16(22)5-2-4-13-6-7-14(19)15(20)10-13/h6-7,10H,2-5,8-9,11-12H2,1H3,(H,23,24). The summed E-state index contributed by atoms with van der Waals surface area (Å²) < 4.78 is 5.09. The molecule has 1 amide bonds. The molecule has 1 heterocycles. The molecule has 0 spiro atoms. The molecule has 0 saturated carbocycles. The zero-order valence-corrected chi connectivity index (χ0v) is 15.8. The molecule has 1 aromatic carbocycles. The molecule has 25 heavy (non-hydrogen) atoms. The zero-order valence-electron chi connectivity index (χ0n) is 14.3. The van der Waals surface area contributed by atoms with E-state index in [1.807, 2.05) is 12.1 Å². The summed E-state index contributed by atoms with van der Waals surface area (Å²) in [4.78, 5) is 25.8. The minimum Gasteiger partial charge on any atom is -0.481 e. The number of piperidine rings is 1. The predicted octanol–water partition coefficient (Wildman–Crippen LogP) is 3.66. The lowest BCUT2D eigenvalue weighted by Crippen LogP contribution is -2.52. The van der Waals surface area contributed by atoms with Gasteiger partial charge < -0.3 is 14.7 Å². The fourth-order valence-corrected chi connectivity index (χ4v) is 3.59. The highest BCUT2D eigenvalue weighted by Gasteiger charge is 2.43. The van der Waals surface area contributed by atoms with Crippen LogP contribution < -0.4 is 0 Å². The van der Waals surface area contributed by atoms with E-state index in [9.17, 15) is 14.7 Å². The lowest BCUT2D eigenvalue weighted by atomic mass is 9.80.